The van der Waals surface area contributed by atoms with E-state index >= 15 is 0 Å². The molecule has 7 heteroatoms. The molecule has 0 fully saturated rings. The van der Waals surface area contributed by atoms with E-state index in [9.17, 15) is 17.6 Å². The van der Waals surface area contributed by atoms with Gasteiger partial charge in [-0.05, 0) is 19.9 Å². The second-order valence-electron chi connectivity index (χ2n) is 3.84. The Kier molecular flexibility index (Phi) is 3.23. The summed E-state index contributed by atoms with van der Waals surface area (Å²) in [7, 11) is 0. The van der Waals surface area contributed by atoms with Gasteiger partial charge in [-0.15, -0.1) is 0 Å². The summed E-state index contributed by atoms with van der Waals surface area (Å²) in [5.74, 6) is 0. The van der Waals surface area contributed by atoms with Crippen LogP contribution >= 0.6 is 0 Å². The lowest BCUT2D eigenvalue weighted by molar-refractivity contribution is 0.141. The number of alkyl halides is 4. The van der Waals surface area contributed by atoms with Crippen molar-refractivity contribution in [2.24, 2.45) is 0 Å². The van der Waals surface area contributed by atoms with Crippen LogP contribution in [0.25, 0.3) is 11.0 Å². The molecule has 2 aromatic rings. The SMILES string of the molecule is CCn1nc(C)c2c(C(F)F)cc(C(F)F)nc21. The van der Waals surface area contributed by atoms with E-state index < -0.39 is 24.1 Å². The van der Waals surface area contributed by atoms with Gasteiger partial charge in [-0.3, -0.25) is 0 Å². The third-order valence-corrected chi connectivity index (χ3v) is 2.69. The lowest BCUT2D eigenvalue weighted by Gasteiger charge is -2.07. The van der Waals surface area contributed by atoms with E-state index in [1.165, 1.54) is 4.68 Å². The van der Waals surface area contributed by atoms with Gasteiger partial charge in [-0.2, -0.15) is 5.10 Å². The zero-order chi connectivity index (χ0) is 13.4. The Hall–Kier alpha value is -1.66. The molecule has 2 rings (SSSR count). The zero-order valence-corrected chi connectivity index (χ0v) is 9.79. The van der Waals surface area contributed by atoms with Gasteiger partial charge in [0.05, 0.1) is 11.1 Å². The summed E-state index contributed by atoms with van der Waals surface area (Å²) in [6.45, 7) is 3.68. The van der Waals surface area contributed by atoms with E-state index in [1.54, 1.807) is 13.8 Å². The van der Waals surface area contributed by atoms with Crippen LogP contribution in [0.4, 0.5) is 17.6 Å². The van der Waals surface area contributed by atoms with Gasteiger partial charge in [-0.1, -0.05) is 0 Å². The summed E-state index contributed by atoms with van der Waals surface area (Å²) in [6, 6.07) is 0.756. The fraction of sp³-hybridized carbons (Fsp3) is 0.455. The van der Waals surface area contributed by atoms with Gasteiger partial charge in [0.2, 0.25) is 0 Å². The molecule has 0 radical (unpaired) electrons. The molecule has 0 aliphatic carbocycles. The molecule has 0 aromatic carbocycles. The molecule has 98 valence electrons. The van der Waals surface area contributed by atoms with Crippen molar-refractivity contribution in [3.8, 4) is 0 Å². The van der Waals surface area contributed by atoms with Crippen LogP contribution < -0.4 is 0 Å². The van der Waals surface area contributed by atoms with Gasteiger partial charge < -0.3 is 0 Å². The molecular formula is C11H11F4N3. The summed E-state index contributed by atoms with van der Waals surface area (Å²) >= 11 is 0. The number of pyridine rings is 1. The highest BCUT2D eigenvalue weighted by atomic mass is 19.3. The van der Waals surface area contributed by atoms with Crippen LogP contribution in [0.3, 0.4) is 0 Å². The Morgan fingerprint density at radius 1 is 1.22 bits per heavy atom. The maximum atomic E-state index is 12.9. The Morgan fingerprint density at radius 3 is 2.39 bits per heavy atom. The molecule has 0 bridgehead atoms. The van der Waals surface area contributed by atoms with E-state index in [2.05, 4.69) is 10.1 Å². The van der Waals surface area contributed by atoms with E-state index in [-0.39, 0.29) is 11.0 Å². The van der Waals surface area contributed by atoms with E-state index in [4.69, 9.17) is 0 Å². The first-order valence-corrected chi connectivity index (χ1v) is 5.40. The van der Waals surface area contributed by atoms with Gasteiger partial charge in [0.25, 0.3) is 12.9 Å². The van der Waals surface area contributed by atoms with Crippen LogP contribution in [0.15, 0.2) is 6.07 Å². The first kappa shape index (κ1) is 12.8. The van der Waals surface area contributed by atoms with Crippen LogP contribution in [-0.2, 0) is 6.54 Å². The molecule has 3 nitrogen and oxygen atoms in total. The molecule has 2 aromatic heterocycles. The Labute approximate surface area is 100 Å². The van der Waals surface area contributed by atoms with Crippen molar-refractivity contribution >= 4 is 11.0 Å². The molecule has 0 aliphatic heterocycles. The molecule has 0 aliphatic rings. The molecule has 0 atom stereocenters. The molecule has 0 saturated heterocycles. The molecular weight excluding hydrogens is 250 g/mol. The molecule has 18 heavy (non-hydrogen) atoms. The number of halogens is 4. The van der Waals surface area contributed by atoms with E-state index in [1.807, 2.05) is 0 Å². The van der Waals surface area contributed by atoms with Gasteiger partial charge in [0.1, 0.15) is 5.69 Å². The summed E-state index contributed by atoms with van der Waals surface area (Å²) < 4.78 is 52.5. The third-order valence-electron chi connectivity index (χ3n) is 2.69. The molecule has 0 spiro atoms. The minimum Gasteiger partial charge on any atom is -0.247 e. The number of fused-ring (bicyclic) bond motifs is 1. The lowest BCUT2D eigenvalue weighted by Crippen LogP contribution is -2.01. The number of hydrogen-bond donors (Lipinski definition) is 0. The second kappa shape index (κ2) is 4.55. The molecule has 0 amide bonds. The maximum absolute atomic E-state index is 12.9. The standard InChI is InChI=1S/C11H11F4N3/c1-3-18-11-8(5(2)17-18)6(9(12)13)4-7(16-11)10(14)15/h4,9-10H,3H2,1-2H3. The fourth-order valence-electron chi connectivity index (χ4n) is 1.91. The van der Waals surface area contributed by atoms with Gasteiger partial charge in [0.15, 0.2) is 5.65 Å². The lowest BCUT2D eigenvalue weighted by atomic mass is 10.1. The molecule has 0 unspecified atom stereocenters. The zero-order valence-electron chi connectivity index (χ0n) is 9.79. The monoisotopic (exact) mass is 261 g/mol. The number of hydrogen-bond acceptors (Lipinski definition) is 2. The predicted octanol–water partition coefficient (Wildman–Crippen LogP) is 3.63. The van der Waals surface area contributed by atoms with Gasteiger partial charge >= 0.3 is 0 Å². The summed E-state index contributed by atoms with van der Waals surface area (Å²) in [4.78, 5) is 3.73. The first-order chi connectivity index (χ1) is 8.45. The predicted molar refractivity (Wildman–Crippen MR) is 57.9 cm³/mol. The number of nitrogens with zero attached hydrogens (tertiary/aromatic N) is 3. The van der Waals surface area contributed by atoms with E-state index in [0.717, 1.165) is 6.07 Å². The van der Waals surface area contributed by atoms with Crippen LogP contribution in [-0.4, -0.2) is 14.8 Å². The van der Waals surface area contributed by atoms with Crippen molar-refractivity contribution in [2.45, 2.75) is 33.2 Å². The highest BCUT2D eigenvalue weighted by molar-refractivity contribution is 5.82. The average molecular weight is 261 g/mol. The van der Waals surface area contributed by atoms with Crippen molar-refractivity contribution in [1.82, 2.24) is 14.8 Å². The Morgan fingerprint density at radius 2 is 1.89 bits per heavy atom. The summed E-state index contributed by atoms with van der Waals surface area (Å²) in [5, 5.41) is 4.19. The number of aromatic nitrogens is 3. The van der Waals surface area contributed by atoms with Crippen molar-refractivity contribution in [3.05, 3.63) is 23.0 Å². The van der Waals surface area contributed by atoms with Gasteiger partial charge in [0, 0.05) is 12.1 Å². The molecule has 0 N–H and O–H groups in total. The Balaban J connectivity index is 2.83. The van der Waals surface area contributed by atoms with Crippen molar-refractivity contribution in [1.29, 1.82) is 0 Å². The van der Waals surface area contributed by atoms with Crippen molar-refractivity contribution in [3.63, 3.8) is 0 Å². The maximum Gasteiger partial charge on any atom is 0.280 e. The van der Waals surface area contributed by atoms with Crippen molar-refractivity contribution in [2.75, 3.05) is 0 Å². The Bertz CT molecular complexity index is 577. The van der Waals surface area contributed by atoms with Crippen LogP contribution in [0, 0.1) is 6.92 Å². The normalized spacial score (nSPS) is 12.0. The topological polar surface area (TPSA) is 30.7 Å². The first-order valence-electron chi connectivity index (χ1n) is 5.40. The third kappa shape index (κ3) is 1.93. The highest BCUT2D eigenvalue weighted by Gasteiger charge is 2.22. The van der Waals surface area contributed by atoms with Crippen molar-refractivity contribution < 1.29 is 17.6 Å². The summed E-state index contributed by atoms with van der Waals surface area (Å²) in [6.07, 6.45) is -5.71. The second-order valence-corrected chi connectivity index (χ2v) is 3.84. The van der Waals surface area contributed by atoms with Gasteiger partial charge in [-0.25, -0.2) is 27.2 Å². The van der Waals surface area contributed by atoms with Crippen LogP contribution in [0.5, 0.6) is 0 Å². The van der Waals surface area contributed by atoms with Crippen LogP contribution in [0.2, 0.25) is 0 Å². The number of aryl methyl sites for hydroxylation is 2. The minimum absolute atomic E-state index is 0.0862. The fourth-order valence-corrected chi connectivity index (χ4v) is 1.91. The largest absolute Gasteiger partial charge is 0.280 e. The smallest absolute Gasteiger partial charge is 0.247 e. The summed E-state index contributed by atoms with van der Waals surface area (Å²) in [5.41, 5.74) is -0.626. The van der Waals surface area contributed by atoms with E-state index in [0.29, 0.717) is 12.2 Å². The molecule has 2 heterocycles. The minimum atomic E-state index is -2.88. The van der Waals surface area contributed by atoms with Crippen LogP contribution in [0.1, 0.15) is 36.7 Å². The average Bonchev–Trinajstić information content (AvgIpc) is 2.65. The highest BCUT2D eigenvalue weighted by Crippen LogP contribution is 2.32. The number of rotatable bonds is 3. The quantitative estimate of drug-likeness (QED) is 0.790. The molecule has 0 saturated carbocycles.